The average molecular weight is 261 g/mol. The van der Waals surface area contributed by atoms with Gasteiger partial charge in [-0.25, -0.2) is 4.98 Å². The normalized spacial score (nSPS) is 12.8. The van der Waals surface area contributed by atoms with Gasteiger partial charge in [-0.3, -0.25) is 0 Å². The Labute approximate surface area is 114 Å². The highest BCUT2D eigenvalue weighted by atomic mass is 16.3. The van der Waals surface area contributed by atoms with Crippen molar-refractivity contribution in [1.82, 2.24) is 14.9 Å². The maximum Gasteiger partial charge on any atom is 0.110 e. The summed E-state index contributed by atoms with van der Waals surface area (Å²) in [6.45, 7) is 8.25. The van der Waals surface area contributed by atoms with E-state index in [-0.39, 0.29) is 6.04 Å². The summed E-state index contributed by atoms with van der Waals surface area (Å²) >= 11 is 0. The molecule has 0 saturated heterocycles. The fourth-order valence-electron chi connectivity index (χ4n) is 2.36. The van der Waals surface area contributed by atoms with E-state index < -0.39 is 0 Å². The molecule has 2 aromatic heterocycles. The van der Waals surface area contributed by atoms with Gasteiger partial charge in [-0.2, -0.15) is 0 Å². The van der Waals surface area contributed by atoms with E-state index in [9.17, 15) is 0 Å². The second-order valence-electron chi connectivity index (χ2n) is 4.84. The van der Waals surface area contributed by atoms with Crippen LogP contribution in [0.25, 0.3) is 0 Å². The zero-order chi connectivity index (χ0) is 13.7. The molecule has 2 heterocycles. The number of likely N-dealkylation sites (N-methyl/N-ethyl adjacent to an activating group) is 1. The monoisotopic (exact) mass is 261 g/mol. The third kappa shape index (κ3) is 3.47. The van der Waals surface area contributed by atoms with Gasteiger partial charge in [0.2, 0.25) is 0 Å². The fraction of sp³-hybridized carbons (Fsp3) is 0.533. The summed E-state index contributed by atoms with van der Waals surface area (Å²) in [4.78, 5) is 4.48. The molecule has 0 aliphatic rings. The van der Waals surface area contributed by atoms with Crippen LogP contribution in [0, 0.1) is 6.92 Å². The van der Waals surface area contributed by atoms with Gasteiger partial charge in [0.05, 0.1) is 6.26 Å². The Morgan fingerprint density at radius 1 is 1.42 bits per heavy atom. The number of aryl methyl sites for hydroxylation is 2. The lowest BCUT2D eigenvalue weighted by molar-refractivity contribution is 0.497. The van der Waals surface area contributed by atoms with Gasteiger partial charge in [0, 0.05) is 37.0 Å². The molecule has 0 aliphatic heterocycles. The minimum atomic E-state index is 0.264. The van der Waals surface area contributed by atoms with Gasteiger partial charge in [0.1, 0.15) is 11.6 Å². The zero-order valence-corrected chi connectivity index (χ0v) is 12.0. The first-order chi connectivity index (χ1) is 9.24. The van der Waals surface area contributed by atoms with E-state index in [4.69, 9.17) is 4.42 Å². The van der Waals surface area contributed by atoms with Crippen LogP contribution in [0.15, 0.2) is 29.1 Å². The van der Waals surface area contributed by atoms with Crippen LogP contribution >= 0.6 is 0 Å². The average Bonchev–Trinajstić information content (AvgIpc) is 2.99. The van der Waals surface area contributed by atoms with Crippen LogP contribution < -0.4 is 5.32 Å². The number of hydrogen-bond donors (Lipinski definition) is 1. The van der Waals surface area contributed by atoms with E-state index in [0.717, 1.165) is 37.5 Å². The second kappa shape index (κ2) is 6.57. The SMILES string of the molecule is CCCn1ccnc1CC(NCC)c1coc(C)c1. The van der Waals surface area contributed by atoms with Crippen molar-refractivity contribution >= 4 is 0 Å². The largest absolute Gasteiger partial charge is 0.469 e. The van der Waals surface area contributed by atoms with Gasteiger partial charge in [-0.05, 0) is 26.0 Å². The molecule has 2 rings (SSSR count). The van der Waals surface area contributed by atoms with Gasteiger partial charge < -0.3 is 14.3 Å². The van der Waals surface area contributed by atoms with Crippen LogP contribution in [0.5, 0.6) is 0 Å². The van der Waals surface area contributed by atoms with Crippen molar-refractivity contribution in [2.24, 2.45) is 0 Å². The molecule has 2 aromatic rings. The maximum absolute atomic E-state index is 5.42. The lowest BCUT2D eigenvalue weighted by Gasteiger charge is -2.16. The van der Waals surface area contributed by atoms with E-state index in [1.54, 1.807) is 0 Å². The Balaban J connectivity index is 2.14. The van der Waals surface area contributed by atoms with Gasteiger partial charge in [-0.15, -0.1) is 0 Å². The fourth-order valence-corrected chi connectivity index (χ4v) is 2.36. The van der Waals surface area contributed by atoms with Crippen LogP contribution in [0.3, 0.4) is 0 Å². The molecule has 19 heavy (non-hydrogen) atoms. The quantitative estimate of drug-likeness (QED) is 0.833. The predicted molar refractivity (Wildman–Crippen MR) is 76.1 cm³/mol. The first-order valence-corrected chi connectivity index (χ1v) is 7.03. The number of aromatic nitrogens is 2. The van der Waals surface area contributed by atoms with E-state index in [2.05, 4.69) is 41.0 Å². The second-order valence-corrected chi connectivity index (χ2v) is 4.84. The lowest BCUT2D eigenvalue weighted by atomic mass is 10.1. The van der Waals surface area contributed by atoms with Crippen LogP contribution in [0.4, 0.5) is 0 Å². The molecule has 0 aromatic carbocycles. The molecular formula is C15H23N3O. The van der Waals surface area contributed by atoms with Crippen molar-refractivity contribution in [1.29, 1.82) is 0 Å². The summed E-state index contributed by atoms with van der Waals surface area (Å²) < 4.78 is 7.65. The first-order valence-electron chi connectivity index (χ1n) is 7.03. The number of hydrogen-bond acceptors (Lipinski definition) is 3. The molecule has 0 amide bonds. The van der Waals surface area contributed by atoms with Crippen LogP contribution in [-0.2, 0) is 13.0 Å². The smallest absolute Gasteiger partial charge is 0.110 e. The number of furan rings is 1. The topological polar surface area (TPSA) is 43.0 Å². The van der Waals surface area contributed by atoms with Gasteiger partial charge in [-0.1, -0.05) is 13.8 Å². The highest BCUT2D eigenvalue weighted by Crippen LogP contribution is 2.20. The Bertz CT molecular complexity index is 501. The van der Waals surface area contributed by atoms with E-state index in [0.29, 0.717) is 0 Å². The van der Waals surface area contributed by atoms with Gasteiger partial charge >= 0.3 is 0 Å². The summed E-state index contributed by atoms with van der Waals surface area (Å²) in [6.07, 6.45) is 7.80. The molecule has 1 atom stereocenters. The van der Waals surface area contributed by atoms with Crippen molar-refractivity contribution in [2.75, 3.05) is 6.54 Å². The molecule has 0 radical (unpaired) electrons. The Morgan fingerprint density at radius 2 is 2.26 bits per heavy atom. The molecular weight excluding hydrogens is 238 g/mol. The maximum atomic E-state index is 5.42. The summed E-state index contributed by atoms with van der Waals surface area (Å²) in [7, 11) is 0. The molecule has 0 spiro atoms. The number of imidazole rings is 1. The van der Waals surface area contributed by atoms with E-state index in [1.165, 1.54) is 5.56 Å². The van der Waals surface area contributed by atoms with E-state index >= 15 is 0 Å². The van der Waals surface area contributed by atoms with E-state index in [1.807, 2.05) is 19.4 Å². The van der Waals surface area contributed by atoms with Crippen LogP contribution in [0.2, 0.25) is 0 Å². The van der Waals surface area contributed by atoms with Crippen LogP contribution in [-0.4, -0.2) is 16.1 Å². The highest BCUT2D eigenvalue weighted by Gasteiger charge is 2.16. The van der Waals surface area contributed by atoms with Gasteiger partial charge in [0.25, 0.3) is 0 Å². The third-order valence-corrected chi connectivity index (χ3v) is 3.26. The molecule has 0 saturated carbocycles. The summed E-state index contributed by atoms with van der Waals surface area (Å²) in [6, 6.07) is 2.36. The zero-order valence-electron chi connectivity index (χ0n) is 12.0. The highest BCUT2D eigenvalue weighted by molar-refractivity contribution is 5.18. The van der Waals surface area contributed by atoms with Gasteiger partial charge in [0.15, 0.2) is 0 Å². The summed E-state index contributed by atoms with van der Waals surface area (Å²) in [5.41, 5.74) is 1.20. The summed E-state index contributed by atoms with van der Waals surface area (Å²) in [5, 5.41) is 3.51. The van der Waals surface area contributed by atoms with Crippen molar-refractivity contribution in [3.8, 4) is 0 Å². The third-order valence-electron chi connectivity index (χ3n) is 3.26. The van der Waals surface area contributed by atoms with Crippen molar-refractivity contribution < 1.29 is 4.42 Å². The first kappa shape index (κ1) is 13.9. The summed E-state index contributed by atoms with van der Waals surface area (Å²) in [5.74, 6) is 2.08. The predicted octanol–water partition coefficient (Wildman–Crippen LogP) is 3.09. The molecule has 4 nitrogen and oxygen atoms in total. The van der Waals surface area contributed by atoms with Crippen molar-refractivity contribution in [2.45, 2.75) is 46.2 Å². The number of rotatable bonds is 7. The molecule has 0 aliphatic carbocycles. The Kier molecular flexibility index (Phi) is 4.80. The molecule has 0 bridgehead atoms. The Morgan fingerprint density at radius 3 is 2.89 bits per heavy atom. The van der Waals surface area contributed by atoms with Crippen molar-refractivity contribution in [3.05, 3.63) is 41.9 Å². The molecule has 1 N–H and O–H groups in total. The molecule has 4 heteroatoms. The standard InChI is InChI=1S/C15H23N3O/c1-4-7-18-8-6-17-15(18)10-14(16-5-2)13-9-12(3)19-11-13/h6,8-9,11,14,16H,4-5,7,10H2,1-3H3. The number of nitrogens with zero attached hydrogens (tertiary/aromatic N) is 2. The molecule has 0 fully saturated rings. The minimum absolute atomic E-state index is 0.264. The Hall–Kier alpha value is -1.55. The minimum Gasteiger partial charge on any atom is -0.469 e. The number of nitrogens with one attached hydrogen (secondary N) is 1. The van der Waals surface area contributed by atoms with Crippen molar-refractivity contribution in [3.63, 3.8) is 0 Å². The lowest BCUT2D eigenvalue weighted by Crippen LogP contribution is -2.24. The molecule has 104 valence electrons. The molecule has 1 unspecified atom stereocenters. The van der Waals surface area contributed by atoms with Crippen LogP contribution in [0.1, 0.15) is 43.5 Å².